The molecule has 9 nitrogen and oxygen atoms in total. The number of hydrogen-bond acceptors (Lipinski definition) is 6. The molecule has 5 rings (SSSR count). The third-order valence-electron chi connectivity index (χ3n) is 6.91. The lowest BCUT2D eigenvalue weighted by Crippen LogP contribution is -2.38. The second-order valence-corrected chi connectivity index (χ2v) is 9.56. The highest BCUT2D eigenvalue weighted by Crippen LogP contribution is 2.15. The monoisotopic (exact) mass is 500 g/mol. The largest absolute Gasteiger partial charge is 0.379 e. The van der Waals surface area contributed by atoms with Crippen LogP contribution in [-0.4, -0.2) is 57.6 Å². The normalized spacial score (nSPS) is 15.2. The molecule has 1 aromatic carbocycles. The van der Waals surface area contributed by atoms with Crippen LogP contribution >= 0.6 is 0 Å². The summed E-state index contributed by atoms with van der Waals surface area (Å²) in [6.45, 7) is 8.32. The number of amides is 1. The number of aromatic nitrogens is 3. The van der Waals surface area contributed by atoms with Crippen molar-refractivity contribution < 1.29 is 9.53 Å². The van der Waals surface area contributed by atoms with Gasteiger partial charge in [-0.15, -0.1) is 0 Å². The van der Waals surface area contributed by atoms with Crippen molar-refractivity contribution in [3.8, 4) is 0 Å². The summed E-state index contributed by atoms with van der Waals surface area (Å²) in [5.41, 5.74) is 2.79. The highest BCUT2D eigenvalue weighted by molar-refractivity contribution is 5.97. The van der Waals surface area contributed by atoms with Crippen molar-refractivity contribution in [3.63, 3.8) is 0 Å². The van der Waals surface area contributed by atoms with Gasteiger partial charge in [-0.1, -0.05) is 36.4 Å². The van der Waals surface area contributed by atoms with Crippen molar-refractivity contribution in [2.45, 2.75) is 32.9 Å². The molecule has 37 heavy (non-hydrogen) atoms. The van der Waals surface area contributed by atoms with Gasteiger partial charge in [0.25, 0.3) is 11.5 Å². The molecule has 2 N–H and O–H groups in total. The number of morpholine rings is 1. The predicted molar refractivity (Wildman–Crippen MR) is 142 cm³/mol. The zero-order chi connectivity index (χ0) is 25.9. The fraction of sp³-hybridized carbons (Fsp3) is 0.357. The first-order valence-electron chi connectivity index (χ1n) is 12.7. The van der Waals surface area contributed by atoms with E-state index in [0.29, 0.717) is 23.2 Å². The molecule has 1 saturated heterocycles. The Balaban J connectivity index is 1.56. The van der Waals surface area contributed by atoms with Gasteiger partial charge < -0.3 is 14.6 Å². The summed E-state index contributed by atoms with van der Waals surface area (Å²) < 4.78 is 8.66. The number of hydrogen-bond donors (Lipinski definition) is 2. The molecule has 0 unspecified atom stereocenters. The number of aryl methyl sites for hydroxylation is 2. The van der Waals surface area contributed by atoms with Crippen LogP contribution in [0.1, 0.15) is 40.9 Å². The minimum atomic E-state index is -0.390. The van der Waals surface area contributed by atoms with Gasteiger partial charge in [-0.3, -0.25) is 24.3 Å². The number of carbonyl (C=O) groups is 1. The zero-order valence-corrected chi connectivity index (χ0v) is 21.2. The van der Waals surface area contributed by atoms with Crippen LogP contribution < -0.4 is 16.4 Å². The van der Waals surface area contributed by atoms with E-state index in [1.165, 1.54) is 10.5 Å². The van der Waals surface area contributed by atoms with Gasteiger partial charge >= 0.3 is 0 Å². The van der Waals surface area contributed by atoms with E-state index in [2.05, 4.69) is 10.2 Å². The molecular weight excluding hydrogens is 468 g/mol. The van der Waals surface area contributed by atoms with Crippen LogP contribution in [0, 0.1) is 12.3 Å². The number of nitrogens with one attached hydrogen (secondary N) is 2. The molecule has 0 spiro atoms. The van der Waals surface area contributed by atoms with Gasteiger partial charge in [-0.25, -0.2) is 4.98 Å². The number of pyridine rings is 2. The maximum absolute atomic E-state index is 13.5. The van der Waals surface area contributed by atoms with Crippen LogP contribution in [0.5, 0.6) is 0 Å². The van der Waals surface area contributed by atoms with Crippen LogP contribution in [0.2, 0.25) is 0 Å². The number of rotatable bonds is 7. The third kappa shape index (κ3) is 5.19. The molecule has 0 radical (unpaired) electrons. The first kappa shape index (κ1) is 24.9. The van der Waals surface area contributed by atoms with Gasteiger partial charge in [-0.05, 0) is 43.5 Å². The summed E-state index contributed by atoms with van der Waals surface area (Å²) in [6.07, 6.45) is 2.50. The van der Waals surface area contributed by atoms with Gasteiger partial charge in [0.1, 0.15) is 16.8 Å². The van der Waals surface area contributed by atoms with Gasteiger partial charge in [0.05, 0.1) is 30.2 Å². The molecule has 1 atom stereocenters. The van der Waals surface area contributed by atoms with E-state index in [9.17, 15) is 9.59 Å². The minimum absolute atomic E-state index is 0.0515. The van der Waals surface area contributed by atoms with Crippen LogP contribution in [0.25, 0.3) is 16.7 Å². The average molecular weight is 501 g/mol. The van der Waals surface area contributed by atoms with Gasteiger partial charge in [0.15, 0.2) is 0 Å². The Morgan fingerprint density at radius 3 is 2.65 bits per heavy atom. The first-order valence-corrected chi connectivity index (χ1v) is 12.7. The van der Waals surface area contributed by atoms with Gasteiger partial charge in [0.2, 0.25) is 0 Å². The molecule has 192 valence electrons. The Hall–Kier alpha value is -3.82. The summed E-state index contributed by atoms with van der Waals surface area (Å²) in [5, 5.41) is 12.3. The maximum atomic E-state index is 13.5. The number of nitrogens with zero attached hydrogens (tertiary/aromatic N) is 4. The molecule has 3 aromatic heterocycles. The van der Waals surface area contributed by atoms with Crippen molar-refractivity contribution in [2.75, 3.05) is 32.8 Å². The Morgan fingerprint density at radius 2 is 1.89 bits per heavy atom. The number of ether oxygens (including phenoxy) is 1. The standard InChI is InChI=1S/C28H32N6O3/c1-19-9-10-24-31-26-23(28(36)34(24)18-19)17-22(27(35)30-20(2)21-7-4-3-5-8-21)25(29)33(26)12-6-11-32-13-15-37-16-14-32/h3-5,7-10,17-18,20,29H,6,11-16H2,1-2H3,(H,30,35)/t20-/m0/s1. The Labute approximate surface area is 214 Å². The smallest absolute Gasteiger partial charge is 0.267 e. The van der Waals surface area contributed by atoms with Crippen LogP contribution in [-0.2, 0) is 11.3 Å². The lowest BCUT2D eigenvalue weighted by molar-refractivity contribution is 0.0369. The van der Waals surface area contributed by atoms with E-state index >= 15 is 0 Å². The lowest BCUT2D eigenvalue weighted by Gasteiger charge is -2.26. The summed E-state index contributed by atoms with van der Waals surface area (Å²) >= 11 is 0. The van der Waals surface area contributed by atoms with Crippen molar-refractivity contribution in [3.05, 3.63) is 87.3 Å². The number of benzene rings is 1. The first-order chi connectivity index (χ1) is 17.9. The van der Waals surface area contributed by atoms with E-state index in [1.807, 2.05) is 50.2 Å². The van der Waals surface area contributed by atoms with Crippen LogP contribution in [0.3, 0.4) is 0 Å². The molecule has 0 saturated carbocycles. The van der Waals surface area contributed by atoms with E-state index in [1.54, 1.807) is 16.8 Å². The van der Waals surface area contributed by atoms with Gasteiger partial charge in [-0.2, -0.15) is 0 Å². The quantitative estimate of drug-likeness (QED) is 0.380. The van der Waals surface area contributed by atoms with E-state index < -0.39 is 0 Å². The Bertz CT molecular complexity index is 1550. The SMILES string of the molecule is Cc1ccc2nc3c(cc(C(=O)N[C@@H](C)c4ccccc4)c(=N)n3CCCN3CCOCC3)c(=O)n2c1. The summed E-state index contributed by atoms with van der Waals surface area (Å²) in [7, 11) is 0. The van der Waals surface area contributed by atoms with E-state index in [0.717, 1.165) is 50.4 Å². The maximum Gasteiger partial charge on any atom is 0.267 e. The molecular formula is C28H32N6O3. The average Bonchev–Trinajstić information content (AvgIpc) is 2.91. The molecule has 4 aromatic rings. The van der Waals surface area contributed by atoms with Gasteiger partial charge in [0, 0.05) is 32.4 Å². The van der Waals surface area contributed by atoms with E-state index in [-0.39, 0.29) is 28.6 Å². The van der Waals surface area contributed by atoms with Crippen LogP contribution in [0.15, 0.2) is 59.5 Å². The summed E-state index contributed by atoms with van der Waals surface area (Å²) in [4.78, 5) is 34.0. The summed E-state index contributed by atoms with van der Waals surface area (Å²) in [5.74, 6) is -0.390. The Kier molecular flexibility index (Phi) is 7.16. The van der Waals surface area contributed by atoms with E-state index in [4.69, 9.17) is 15.1 Å². The Morgan fingerprint density at radius 1 is 1.14 bits per heavy atom. The van der Waals surface area contributed by atoms with Crippen molar-refractivity contribution >= 4 is 22.6 Å². The number of fused-ring (bicyclic) bond motifs is 2. The molecule has 1 aliphatic heterocycles. The molecule has 1 aliphatic rings. The summed E-state index contributed by atoms with van der Waals surface area (Å²) in [6, 6.07) is 14.6. The molecule has 1 amide bonds. The minimum Gasteiger partial charge on any atom is -0.379 e. The highest BCUT2D eigenvalue weighted by atomic mass is 16.5. The third-order valence-corrected chi connectivity index (χ3v) is 6.91. The number of carbonyl (C=O) groups excluding carboxylic acids is 1. The van der Waals surface area contributed by atoms with Crippen molar-refractivity contribution in [1.29, 1.82) is 5.41 Å². The predicted octanol–water partition coefficient (Wildman–Crippen LogP) is 2.65. The fourth-order valence-corrected chi connectivity index (χ4v) is 4.81. The molecule has 0 bridgehead atoms. The fourth-order valence-electron chi connectivity index (χ4n) is 4.81. The van der Waals surface area contributed by atoms with Crippen molar-refractivity contribution in [1.82, 2.24) is 24.2 Å². The van der Waals surface area contributed by atoms with Crippen LogP contribution in [0.4, 0.5) is 0 Å². The lowest BCUT2D eigenvalue weighted by atomic mass is 10.1. The molecule has 9 heteroatoms. The van der Waals surface area contributed by atoms with Crippen molar-refractivity contribution in [2.24, 2.45) is 0 Å². The molecule has 4 heterocycles. The second-order valence-electron chi connectivity index (χ2n) is 9.56. The highest BCUT2D eigenvalue weighted by Gasteiger charge is 2.20. The molecule has 0 aliphatic carbocycles. The molecule has 1 fully saturated rings. The second kappa shape index (κ2) is 10.7. The zero-order valence-electron chi connectivity index (χ0n) is 21.2. The topological polar surface area (TPSA) is 105 Å².